The van der Waals surface area contributed by atoms with Gasteiger partial charge in [-0.25, -0.2) is 4.79 Å². The molecule has 2 rings (SSSR count). The number of hydrogen-bond donors (Lipinski definition) is 1. The van der Waals surface area contributed by atoms with Gasteiger partial charge < -0.3 is 19.9 Å². The maximum Gasteiger partial charge on any atom is 0.410 e. The van der Waals surface area contributed by atoms with Gasteiger partial charge in [0.1, 0.15) is 5.60 Å². The Kier molecular flexibility index (Phi) is 5.75. The molecule has 0 aromatic carbocycles. The second kappa shape index (κ2) is 7.45. The number of hydrogen-bond acceptors (Lipinski definition) is 6. The predicted molar refractivity (Wildman–Crippen MR) is 99.8 cm³/mol. The highest BCUT2D eigenvalue weighted by Crippen LogP contribution is 2.41. The van der Waals surface area contributed by atoms with Crippen LogP contribution >= 0.6 is 0 Å². The Morgan fingerprint density at radius 3 is 2.32 bits per heavy atom. The fourth-order valence-corrected chi connectivity index (χ4v) is 3.39. The van der Waals surface area contributed by atoms with E-state index in [4.69, 9.17) is 10.1 Å². The average molecular weight is 349 g/mol. The van der Waals surface area contributed by atoms with Crippen LogP contribution in [0.4, 0.5) is 4.79 Å². The van der Waals surface area contributed by atoms with Gasteiger partial charge in [-0.05, 0) is 40.5 Å². The Morgan fingerprint density at radius 2 is 1.84 bits per heavy atom. The Labute approximate surface area is 150 Å². The highest BCUT2D eigenvalue weighted by molar-refractivity contribution is 5.74. The van der Waals surface area contributed by atoms with E-state index in [9.17, 15) is 4.79 Å². The van der Waals surface area contributed by atoms with Gasteiger partial charge in [-0.1, -0.05) is 0 Å². The summed E-state index contributed by atoms with van der Waals surface area (Å²) in [7, 11) is 1.86. The van der Waals surface area contributed by atoms with Crippen LogP contribution in [0.15, 0.2) is 17.0 Å². The molecule has 1 N–H and O–H groups in total. The summed E-state index contributed by atoms with van der Waals surface area (Å²) >= 11 is 0. The van der Waals surface area contributed by atoms with Crippen LogP contribution in [0.3, 0.4) is 0 Å². The number of nitrogens with one attached hydrogen (secondary N) is 1. The van der Waals surface area contributed by atoms with Crippen LogP contribution in [0.2, 0.25) is 0 Å². The van der Waals surface area contributed by atoms with E-state index >= 15 is 0 Å². The Morgan fingerprint density at radius 1 is 1.24 bits per heavy atom. The van der Waals surface area contributed by atoms with Crippen molar-refractivity contribution >= 4 is 18.5 Å². The van der Waals surface area contributed by atoms with Crippen molar-refractivity contribution < 1.29 is 9.53 Å². The van der Waals surface area contributed by atoms with Gasteiger partial charge in [0.2, 0.25) is 0 Å². The molecule has 2 saturated heterocycles. The second-order valence-corrected chi connectivity index (χ2v) is 7.97. The normalized spacial score (nSPS) is 20.6. The lowest BCUT2D eigenvalue weighted by Crippen LogP contribution is -2.62. The van der Waals surface area contributed by atoms with Crippen molar-refractivity contribution in [1.82, 2.24) is 14.8 Å². The first kappa shape index (κ1) is 19.3. The first-order valence-corrected chi connectivity index (χ1v) is 8.85. The summed E-state index contributed by atoms with van der Waals surface area (Å²) in [6, 6.07) is 0. The molecule has 0 aliphatic carbocycles. The fourth-order valence-electron chi connectivity index (χ4n) is 3.39. The third-order valence-corrected chi connectivity index (χ3v) is 4.66. The number of rotatable bonds is 4. The molecule has 7 heteroatoms. The fraction of sp³-hybridized carbons (Fsp3) is 0.722. The zero-order valence-corrected chi connectivity index (χ0v) is 16.1. The van der Waals surface area contributed by atoms with Gasteiger partial charge in [0, 0.05) is 57.3 Å². The zero-order valence-electron chi connectivity index (χ0n) is 16.1. The minimum Gasteiger partial charge on any atom is -0.444 e. The van der Waals surface area contributed by atoms with Gasteiger partial charge in [-0.3, -0.25) is 5.01 Å². The predicted octanol–water partition coefficient (Wildman–Crippen LogP) is 2.75. The minimum absolute atomic E-state index is 0.209. The number of likely N-dealkylation sites (tertiary alicyclic amines) is 2. The van der Waals surface area contributed by atoms with Crippen molar-refractivity contribution in [3.63, 3.8) is 0 Å². The molecule has 0 radical (unpaired) electrons. The summed E-state index contributed by atoms with van der Waals surface area (Å²) in [5, 5.41) is 13.6. The van der Waals surface area contributed by atoms with E-state index in [0.717, 1.165) is 44.7 Å². The number of hydrazone groups is 1. The lowest BCUT2D eigenvalue weighted by atomic mass is 9.72. The SMILES string of the molecule is C/C=N\N(C)/C=C(\C=N)N1CCC2(CC1)CN(C(=O)OC(C)(C)C)C2. The van der Waals surface area contributed by atoms with Crippen molar-refractivity contribution in [3.05, 3.63) is 11.9 Å². The first-order valence-electron chi connectivity index (χ1n) is 8.85. The van der Waals surface area contributed by atoms with E-state index in [-0.39, 0.29) is 11.5 Å². The molecule has 0 aromatic rings. The molecule has 2 heterocycles. The van der Waals surface area contributed by atoms with Gasteiger partial charge in [0.25, 0.3) is 0 Å². The third kappa shape index (κ3) is 4.96. The smallest absolute Gasteiger partial charge is 0.410 e. The molecule has 2 aliphatic rings. The Bertz CT molecular complexity index is 548. The summed E-state index contributed by atoms with van der Waals surface area (Å²) in [6.45, 7) is 10.9. The molecule has 25 heavy (non-hydrogen) atoms. The zero-order chi connectivity index (χ0) is 18.7. The molecular formula is C18H31N5O2. The second-order valence-electron chi connectivity index (χ2n) is 7.97. The quantitative estimate of drug-likeness (QED) is 0.626. The molecule has 0 saturated carbocycles. The summed E-state index contributed by atoms with van der Waals surface area (Å²) in [6.07, 6.45) is 6.82. The average Bonchev–Trinajstić information content (AvgIpc) is 2.49. The molecule has 7 nitrogen and oxygen atoms in total. The lowest BCUT2D eigenvalue weighted by molar-refractivity contribution is -0.0555. The highest BCUT2D eigenvalue weighted by Gasteiger charge is 2.47. The van der Waals surface area contributed by atoms with Gasteiger partial charge in [-0.2, -0.15) is 5.10 Å². The van der Waals surface area contributed by atoms with Crippen molar-refractivity contribution in [2.75, 3.05) is 33.2 Å². The molecule has 1 amide bonds. The monoisotopic (exact) mass is 349 g/mol. The number of carbonyl (C=O) groups excluding carboxylic acids is 1. The molecule has 1 spiro atoms. The molecule has 0 unspecified atom stereocenters. The van der Waals surface area contributed by atoms with Crippen molar-refractivity contribution in [2.45, 2.75) is 46.1 Å². The topological polar surface area (TPSA) is 72.2 Å². The standard InChI is InChI=1S/C18H31N5O2/c1-6-20-21(5)12-15(11-19)22-9-7-18(8-10-22)13-23(14-18)16(24)25-17(2,3)4/h6,11-12,19H,7-10,13-14H2,1-5H3/b15-12+,19-11?,20-6-. The molecule has 0 atom stereocenters. The Balaban J connectivity index is 1.86. The van der Waals surface area contributed by atoms with Crippen LogP contribution in [-0.2, 0) is 4.74 Å². The third-order valence-electron chi connectivity index (χ3n) is 4.66. The van der Waals surface area contributed by atoms with E-state index in [1.165, 1.54) is 6.21 Å². The van der Waals surface area contributed by atoms with Crippen LogP contribution in [0.25, 0.3) is 0 Å². The molecule has 2 aliphatic heterocycles. The maximum absolute atomic E-state index is 12.1. The molecule has 0 aromatic heterocycles. The van der Waals surface area contributed by atoms with E-state index in [1.807, 2.05) is 40.9 Å². The van der Waals surface area contributed by atoms with E-state index in [0.29, 0.717) is 0 Å². The maximum atomic E-state index is 12.1. The molecular weight excluding hydrogens is 318 g/mol. The number of nitrogens with zero attached hydrogens (tertiary/aromatic N) is 4. The minimum atomic E-state index is -0.445. The van der Waals surface area contributed by atoms with E-state index in [1.54, 1.807) is 16.1 Å². The Hall–Kier alpha value is -2.05. The van der Waals surface area contributed by atoms with Gasteiger partial charge in [0.05, 0.1) is 5.70 Å². The van der Waals surface area contributed by atoms with Gasteiger partial charge in [-0.15, -0.1) is 0 Å². The molecule has 2 fully saturated rings. The number of ether oxygens (including phenoxy) is 1. The van der Waals surface area contributed by atoms with Crippen molar-refractivity contribution in [3.8, 4) is 0 Å². The number of amides is 1. The van der Waals surface area contributed by atoms with E-state index < -0.39 is 5.60 Å². The van der Waals surface area contributed by atoms with E-state index in [2.05, 4.69) is 10.0 Å². The summed E-state index contributed by atoms with van der Waals surface area (Å²) in [5.41, 5.74) is 0.639. The number of piperidine rings is 1. The van der Waals surface area contributed by atoms with Crippen LogP contribution < -0.4 is 0 Å². The molecule has 140 valence electrons. The number of carbonyl (C=O) groups is 1. The van der Waals surface area contributed by atoms with Gasteiger partial charge in [0.15, 0.2) is 0 Å². The van der Waals surface area contributed by atoms with Crippen LogP contribution in [0.5, 0.6) is 0 Å². The van der Waals surface area contributed by atoms with Crippen molar-refractivity contribution in [1.29, 1.82) is 5.41 Å². The number of allylic oxidation sites excluding steroid dienone is 1. The largest absolute Gasteiger partial charge is 0.444 e. The summed E-state index contributed by atoms with van der Waals surface area (Å²) in [4.78, 5) is 16.1. The lowest BCUT2D eigenvalue weighted by Gasteiger charge is -2.54. The van der Waals surface area contributed by atoms with Crippen LogP contribution in [0, 0.1) is 10.8 Å². The summed E-state index contributed by atoms with van der Waals surface area (Å²) < 4.78 is 5.44. The van der Waals surface area contributed by atoms with Gasteiger partial charge >= 0.3 is 6.09 Å². The first-order chi connectivity index (χ1) is 11.7. The summed E-state index contributed by atoms with van der Waals surface area (Å²) in [5.74, 6) is 0. The molecule has 0 bridgehead atoms. The van der Waals surface area contributed by atoms with Crippen LogP contribution in [-0.4, -0.2) is 72.2 Å². The van der Waals surface area contributed by atoms with Crippen LogP contribution in [0.1, 0.15) is 40.5 Å². The van der Waals surface area contributed by atoms with Crippen molar-refractivity contribution in [2.24, 2.45) is 10.5 Å². The highest BCUT2D eigenvalue weighted by atomic mass is 16.6.